The topological polar surface area (TPSA) is 49.3 Å². The van der Waals surface area contributed by atoms with Crippen LogP contribution in [-0.2, 0) is 6.54 Å². The van der Waals surface area contributed by atoms with E-state index in [1.807, 2.05) is 17.2 Å². The minimum Gasteiger partial charge on any atom is -0.338 e. The van der Waals surface area contributed by atoms with E-state index in [9.17, 15) is 9.18 Å². The number of halogens is 1. The molecule has 2 fully saturated rings. The van der Waals surface area contributed by atoms with Crippen molar-refractivity contribution in [2.75, 3.05) is 26.2 Å². The summed E-state index contributed by atoms with van der Waals surface area (Å²) >= 11 is 0. The van der Waals surface area contributed by atoms with E-state index < -0.39 is 5.95 Å². The fourth-order valence-electron chi connectivity index (χ4n) is 4.63. The number of piperidine rings is 2. The van der Waals surface area contributed by atoms with E-state index >= 15 is 0 Å². The van der Waals surface area contributed by atoms with E-state index in [0.717, 1.165) is 58.4 Å². The number of amides is 1. The van der Waals surface area contributed by atoms with Gasteiger partial charge in [-0.25, -0.2) is 4.98 Å². The van der Waals surface area contributed by atoms with Crippen molar-refractivity contribution in [3.8, 4) is 0 Å². The number of carbonyl (C=O) groups is 1. The number of carbonyl (C=O) groups excluding carboxylic acids is 1. The fraction of sp³-hybridized carbons (Fsp3) is 0.476. The summed E-state index contributed by atoms with van der Waals surface area (Å²) in [6, 6.07) is 6.92. The Morgan fingerprint density at radius 2 is 2.00 bits per heavy atom. The van der Waals surface area contributed by atoms with Gasteiger partial charge in [0, 0.05) is 61.8 Å². The van der Waals surface area contributed by atoms with Gasteiger partial charge in [0.15, 0.2) is 0 Å². The second kappa shape index (κ2) is 7.72. The zero-order chi connectivity index (χ0) is 18.7. The molecule has 0 bridgehead atoms. The molecule has 4 rings (SSSR count). The molecule has 27 heavy (non-hydrogen) atoms. The highest BCUT2D eigenvalue weighted by Gasteiger charge is 2.40. The predicted molar refractivity (Wildman–Crippen MR) is 101 cm³/mol. The van der Waals surface area contributed by atoms with Gasteiger partial charge >= 0.3 is 0 Å². The van der Waals surface area contributed by atoms with Crippen LogP contribution in [0.3, 0.4) is 0 Å². The maximum atomic E-state index is 13.4. The van der Waals surface area contributed by atoms with Crippen LogP contribution in [0.1, 0.15) is 41.6 Å². The minimum atomic E-state index is -0.604. The van der Waals surface area contributed by atoms with Crippen LogP contribution in [0.25, 0.3) is 0 Å². The maximum absolute atomic E-state index is 13.4. The predicted octanol–water partition coefficient (Wildman–Crippen LogP) is 3.13. The standard InChI is InChI=1S/C21H25FN4O/c22-19-12-18(5-9-24-19)20(27)26-11-3-7-21(16-26)6-2-10-25(15-21)14-17-4-1-8-23-13-17/h1,4-5,8-9,12-13H,2-3,6-7,10-11,14-16H2. The number of aromatic nitrogens is 2. The van der Waals surface area contributed by atoms with E-state index in [-0.39, 0.29) is 11.3 Å². The Morgan fingerprint density at radius 1 is 1.15 bits per heavy atom. The molecule has 1 unspecified atom stereocenters. The molecule has 1 atom stereocenters. The Bertz CT molecular complexity index is 796. The Kier molecular flexibility index (Phi) is 5.16. The van der Waals surface area contributed by atoms with Crippen LogP contribution >= 0.6 is 0 Å². The van der Waals surface area contributed by atoms with Crippen LogP contribution in [0.15, 0.2) is 42.9 Å². The quantitative estimate of drug-likeness (QED) is 0.781. The van der Waals surface area contributed by atoms with Gasteiger partial charge in [-0.3, -0.25) is 14.7 Å². The smallest absolute Gasteiger partial charge is 0.254 e. The molecule has 6 heteroatoms. The summed E-state index contributed by atoms with van der Waals surface area (Å²) < 4.78 is 13.4. The molecule has 142 valence electrons. The molecular formula is C21H25FN4O. The van der Waals surface area contributed by atoms with Crippen molar-refractivity contribution in [3.63, 3.8) is 0 Å². The highest BCUT2D eigenvalue weighted by molar-refractivity contribution is 5.94. The van der Waals surface area contributed by atoms with Crippen LogP contribution in [-0.4, -0.2) is 51.9 Å². The summed E-state index contributed by atoms with van der Waals surface area (Å²) in [4.78, 5) is 25.0. The van der Waals surface area contributed by atoms with E-state index in [4.69, 9.17) is 0 Å². The van der Waals surface area contributed by atoms with Gasteiger partial charge in [-0.05, 0) is 49.9 Å². The molecule has 2 aromatic rings. The van der Waals surface area contributed by atoms with Crippen molar-refractivity contribution in [1.29, 1.82) is 0 Å². The van der Waals surface area contributed by atoms with Gasteiger partial charge in [0.1, 0.15) is 0 Å². The highest BCUT2D eigenvalue weighted by Crippen LogP contribution is 2.39. The lowest BCUT2D eigenvalue weighted by atomic mass is 9.73. The molecule has 2 aliphatic rings. The lowest BCUT2D eigenvalue weighted by Crippen LogP contribution is -2.53. The zero-order valence-corrected chi connectivity index (χ0v) is 15.5. The summed E-state index contributed by atoms with van der Waals surface area (Å²) in [5.41, 5.74) is 1.76. The first kappa shape index (κ1) is 18.0. The molecule has 2 aromatic heterocycles. The van der Waals surface area contributed by atoms with Crippen molar-refractivity contribution < 1.29 is 9.18 Å². The van der Waals surface area contributed by atoms with Crippen molar-refractivity contribution in [1.82, 2.24) is 19.8 Å². The summed E-state index contributed by atoms with van der Waals surface area (Å²) in [5.74, 6) is -0.687. The first-order chi connectivity index (χ1) is 13.1. The van der Waals surface area contributed by atoms with Gasteiger partial charge in [0.25, 0.3) is 5.91 Å². The van der Waals surface area contributed by atoms with Crippen molar-refractivity contribution in [3.05, 3.63) is 59.9 Å². The van der Waals surface area contributed by atoms with Crippen LogP contribution in [0.4, 0.5) is 4.39 Å². The number of hydrogen-bond donors (Lipinski definition) is 0. The number of likely N-dealkylation sites (tertiary alicyclic amines) is 2. The molecule has 1 spiro atoms. The Labute approximate surface area is 159 Å². The largest absolute Gasteiger partial charge is 0.338 e. The number of pyridine rings is 2. The maximum Gasteiger partial charge on any atom is 0.254 e. The lowest BCUT2D eigenvalue weighted by molar-refractivity contribution is 0.0113. The molecule has 0 saturated carbocycles. The van der Waals surface area contributed by atoms with Crippen LogP contribution < -0.4 is 0 Å². The third kappa shape index (κ3) is 4.16. The van der Waals surface area contributed by atoms with Gasteiger partial charge in [0.05, 0.1) is 0 Å². The van der Waals surface area contributed by atoms with Crippen LogP contribution in [0, 0.1) is 11.4 Å². The summed E-state index contributed by atoms with van der Waals surface area (Å²) in [6.45, 7) is 4.47. The van der Waals surface area contributed by atoms with Crippen molar-refractivity contribution in [2.45, 2.75) is 32.2 Å². The third-order valence-corrected chi connectivity index (χ3v) is 5.79. The second-order valence-corrected chi connectivity index (χ2v) is 7.87. The van der Waals surface area contributed by atoms with E-state index in [1.54, 1.807) is 12.3 Å². The van der Waals surface area contributed by atoms with Crippen molar-refractivity contribution in [2.24, 2.45) is 5.41 Å². The van der Waals surface area contributed by atoms with Crippen molar-refractivity contribution >= 4 is 5.91 Å². The zero-order valence-electron chi connectivity index (χ0n) is 15.5. The van der Waals surface area contributed by atoms with Crippen LogP contribution in [0.2, 0.25) is 0 Å². The highest BCUT2D eigenvalue weighted by atomic mass is 19.1. The molecule has 2 aliphatic heterocycles. The number of rotatable bonds is 3. The molecule has 0 aromatic carbocycles. The summed E-state index contributed by atoms with van der Waals surface area (Å²) in [5, 5.41) is 0. The second-order valence-electron chi connectivity index (χ2n) is 7.87. The number of hydrogen-bond acceptors (Lipinski definition) is 4. The first-order valence-corrected chi connectivity index (χ1v) is 9.66. The first-order valence-electron chi connectivity index (χ1n) is 9.66. The van der Waals surface area contributed by atoms with Gasteiger partial charge in [0.2, 0.25) is 5.95 Å². The third-order valence-electron chi connectivity index (χ3n) is 5.79. The molecule has 1 amide bonds. The summed E-state index contributed by atoms with van der Waals surface area (Å²) in [6.07, 6.45) is 9.52. The molecule has 5 nitrogen and oxygen atoms in total. The number of nitrogens with zero attached hydrogens (tertiary/aromatic N) is 4. The normalized spacial score (nSPS) is 23.5. The Morgan fingerprint density at radius 3 is 2.78 bits per heavy atom. The molecule has 0 aliphatic carbocycles. The average Bonchev–Trinajstić information content (AvgIpc) is 2.68. The van der Waals surface area contributed by atoms with E-state index in [0.29, 0.717) is 5.56 Å². The van der Waals surface area contributed by atoms with Gasteiger partial charge in [-0.15, -0.1) is 0 Å². The molecular weight excluding hydrogens is 343 g/mol. The van der Waals surface area contributed by atoms with E-state index in [2.05, 4.69) is 20.9 Å². The average molecular weight is 368 g/mol. The molecule has 0 radical (unpaired) electrons. The molecule has 0 N–H and O–H groups in total. The fourth-order valence-corrected chi connectivity index (χ4v) is 4.63. The SMILES string of the molecule is O=C(c1ccnc(F)c1)N1CCCC2(CCCN(Cc3cccnc3)C2)C1. The van der Waals surface area contributed by atoms with E-state index in [1.165, 1.54) is 17.8 Å². The van der Waals surface area contributed by atoms with Gasteiger partial charge in [-0.1, -0.05) is 6.07 Å². The minimum absolute atomic E-state index is 0.0836. The van der Waals surface area contributed by atoms with Gasteiger partial charge < -0.3 is 4.90 Å². The Balaban J connectivity index is 1.45. The molecule has 4 heterocycles. The summed E-state index contributed by atoms with van der Waals surface area (Å²) in [7, 11) is 0. The molecule has 2 saturated heterocycles. The van der Waals surface area contributed by atoms with Crippen LogP contribution in [0.5, 0.6) is 0 Å². The van der Waals surface area contributed by atoms with Gasteiger partial charge in [-0.2, -0.15) is 4.39 Å². The lowest BCUT2D eigenvalue weighted by Gasteiger charge is -2.48. The monoisotopic (exact) mass is 368 g/mol. The Hall–Kier alpha value is -2.34.